The van der Waals surface area contributed by atoms with Crippen molar-refractivity contribution in [2.24, 2.45) is 5.92 Å². The number of carbonyl (C=O) groups excluding carboxylic acids is 2. The number of Topliss-reactive ketones (excluding diaryl/α,β-unsaturated/α-hetero) is 2. The van der Waals surface area contributed by atoms with E-state index in [1.807, 2.05) is 0 Å². The number of nitrogens with one attached hydrogen (secondary N) is 1. The third-order valence-electron chi connectivity index (χ3n) is 4.49. The van der Waals surface area contributed by atoms with Crippen LogP contribution in [0.4, 0.5) is 5.69 Å². The van der Waals surface area contributed by atoms with Gasteiger partial charge in [-0.05, 0) is 30.2 Å². The summed E-state index contributed by atoms with van der Waals surface area (Å²) in [6.45, 7) is 0. The van der Waals surface area contributed by atoms with Gasteiger partial charge in [-0.25, -0.2) is 0 Å². The maximum absolute atomic E-state index is 12.6. The summed E-state index contributed by atoms with van der Waals surface area (Å²) in [5.41, 5.74) is 2.62. The molecule has 1 aliphatic carbocycles. The molecule has 0 saturated heterocycles. The molecule has 1 heterocycles. The van der Waals surface area contributed by atoms with Crippen LogP contribution >= 0.6 is 0 Å². The second-order valence-corrected chi connectivity index (χ2v) is 7.41. The van der Waals surface area contributed by atoms with E-state index in [0.29, 0.717) is 34.5 Å². The minimum atomic E-state index is -4.28. The number of hydrogen-bond acceptors (Lipinski definition) is 5. The smallest absolute Gasteiger partial charge is 1.00 e. The van der Waals surface area contributed by atoms with Crippen LogP contribution in [0.25, 0.3) is 0 Å². The molecular weight excluding hydrogens is 365 g/mol. The molecule has 0 amide bonds. The Morgan fingerprint density at radius 3 is 2.23 bits per heavy atom. The molecule has 26 heavy (non-hydrogen) atoms. The maximum Gasteiger partial charge on any atom is 1.00 e. The average Bonchev–Trinajstić information content (AvgIpc) is 2.85. The van der Waals surface area contributed by atoms with Crippen molar-refractivity contribution in [1.29, 1.82) is 0 Å². The first-order valence-electron chi connectivity index (χ1n) is 7.61. The van der Waals surface area contributed by atoms with Crippen LogP contribution in [0.1, 0.15) is 27.7 Å². The molecule has 0 aromatic heterocycles. The molecule has 0 spiro atoms. The number of rotatable bonds is 2. The van der Waals surface area contributed by atoms with Crippen LogP contribution in [-0.4, -0.2) is 24.5 Å². The van der Waals surface area contributed by atoms with Crippen LogP contribution in [-0.2, 0) is 16.5 Å². The third-order valence-corrected chi connectivity index (χ3v) is 5.34. The van der Waals surface area contributed by atoms with Crippen molar-refractivity contribution in [1.82, 2.24) is 0 Å². The standard InChI is InChI=1S/C18H13NO5S.Na.H/c20-17-12-3-1-2-4-13(12)18(21)16(17)15-7-5-10-9-11(25(22,23)24)6-8-14(10)19-15;;/h1-4,6-9,16,19H,5H2,(H,22,23,24);;/q;+1;-1. The molecule has 6 nitrogen and oxygen atoms in total. The third kappa shape index (κ3) is 3.06. The van der Waals surface area contributed by atoms with Crippen LogP contribution in [0.3, 0.4) is 0 Å². The summed E-state index contributed by atoms with van der Waals surface area (Å²) >= 11 is 0. The topological polar surface area (TPSA) is 101 Å². The molecule has 1 aliphatic heterocycles. The van der Waals surface area contributed by atoms with Crippen molar-refractivity contribution < 1.29 is 53.5 Å². The first kappa shape index (κ1) is 19.0. The van der Waals surface area contributed by atoms with E-state index < -0.39 is 16.0 Å². The van der Waals surface area contributed by atoms with Crippen molar-refractivity contribution >= 4 is 27.4 Å². The quantitative estimate of drug-likeness (QED) is 0.418. The predicted octanol–water partition coefficient (Wildman–Crippen LogP) is -0.403. The summed E-state index contributed by atoms with van der Waals surface area (Å²) < 4.78 is 31.6. The number of allylic oxidation sites excluding steroid dienone is 2. The van der Waals surface area contributed by atoms with Crippen molar-refractivity contribution in [2.75, 3.05) is 5.32 Å². The SMILES string of the molecule is O=C1c2ccccc2C(=O)C1C1=CCc2cc(S(=O)(=O)O)ccc2N1.[H-].[Na+]. The number of hydrogen-bond donors (Lipinski definition) is 2. The van der Waals surface area contributed by atoms with Gasteiger partial charge in [0, 0.05) is 22.5 Å². The minimum absolute atomic E-state index is 0. The molecule has 2 aromatic rings. The fourth-order valence-electron chi connectivity index (χ4n) is 3.26. The Labute approximate surface area is 173 Å². The van der Waals surface area contributed by atoms with Crippen molar-refractivity contribution in [2.45, 2.75) is 11.3 Å². The van der Waals surface area contributed by atoms with E-state index in [2.05, 4.69) is 5.32 Å². The number of carbonyl (C=O) groups is 2. The molecule has 0 bridgehead atoms. The molecule has 0 radical (unpaired) electrons. The summed E-state index contributed by atoms with van der Waals surface area (Å²) in [6.07, 6.45) is 2.07. The molecule has 0 fully saturated rings. The monoisotopic (exact) mass is 379 g/mol. The molecule has 0 atom stereocenters. The Morgan fingerprint density at radius 2 is 1.65 bits per heavy atom. The maximum atomic E-state index is 12.6. The van der Waals surface area contributed by atoms with Gasteiger partial charge >= 0.3 is 29.6 Å². The van der Waals surface area contributed by atoms with E-state index in [9.17, 15) is 18.0 Å². The van der Waals surface area contributed by atoms with Crippen molar-refractivity contribution in [3.63, 3.8) is 0 Å². The number of benzene rings is 2. The van der Waals surface area contributed by atoms with Gasteiger partial charge in [-0.1, -0.05) is 30.3 Å². The summed E-state index contributed by atoms with van der Waals surface area (Å²) in [6, 6.07) is 10.9. The zero-order valence-corrected chi connectivity index (χ0v) is 16.7. The Kier molecular flexibility index (Phi) is 4.94. The first-order chi connectivity index (χ1) is 11.9. The van der Waals surface area contributed by atoms with Gasteiger partial charge in [0.2, 0.25) is 0 Å². The van der Waals surface area contributed by atoms with E-state index in [4.69, 9.17) is 4.55 Å². The van der Waals surface area contributed by atoms with Gasteiger partial charge in [0.25, 0.3) is 10.1 Å². The van der Waals surface area contributed by atoms with Gasteiger partial charge in [-0.15, -0.1) is 0 Å². The van der Waals surface area contributed by atoms with Gasteiger partial charge in [0.15, 0.2) is 11.6 Å². The molecule has 0 unspecified atom stereocenters. The Hall–Kier alpha value is -1.77. The van der Waals surface area contributed by atoms with Gasteiger partial charge in [0.1, 0.15) is 5.92 Å². The molecule has 128 valence electrons. The second kappa shape index (κ2) is 6.75. The van der Waals surface area contributed by atoms with Gasteiger partial charge in [-0.3, -0.25) is 14.1 Å². The fourth-order valence-corrected chi connectivity index (χ4v) is 3.79. The molecule has 0 saturated carbocycles. The van der Waals surface area contributed by atoms with Crippen LogP contribution in [0.5, 0.6) is 0 Å². The van der Waals surface area contributed by atoms with Gasteiger partial charge in [0.05, 0.1) is 4.90 Å². The molecule has 2 aromatic carbocycles. The number of ketones is 2. The van der Waals surface area contributed by atoms with E-state index in [1.165, 1.54) is 18.2 Å². The average molecular weight is 379 g/mol. The summed E-state index contributed by atoms with van der Waals surface area (Å²) in [5.74, 6) is -1.37. The van der Waals surface area contributed by atoms with Crippen LogP contribution in [0.2, 0.25) is 0 Å². The van der Waals surface area contributed by atoms with Crippen LogP contribution in [0, 0.1) is 5.92 Å². The number of fused-ring (bicyclic) bond motifs is 2. The van der Waals surface area contributed by atoms with E-state index >= 15 is 0 Å². The Morgan fingerprint density at radius 1 is 1.04 bits per heavy atom. The zero-order chi connectivity index (χ0) is 17.8. The van der Waals surface area contributed by atoms with Crippen molar-refractivity contribution in [3.05, 3.63) is 70.9 Å². The molecular formula is C18H14NNaO5S. The molecule has 2 N–H and O–H groups in total. The Bertz CT molecular complexity index is 1050. The van der Waals surface area contributed by atoms with E-state index in [-0.39, 0.29) is 47.4 Å². The molecule has 4 rings (SSSR count). The summed E-state index contributed by atoms with van der Waals surface area (Å²) in [5, 5.41) is 3.06. The zero-order valence-electron chi connectivity index (χ0n) is 14.9. The van der Waals surface area contributed by atoms with Gasteiger partial charge < -0.3 is 6.74 Å². The molecule has 8 heteroatoms. The largest absolute Gasteiger partial charge is 1.00 e. The van der Waals surface area contributed by atoms with Crippen LogP contribution < -0.4 is 34.9 Å². The fraction of sp³-hybridized carbons (Fsp3) is 0.111. The van der Waals surface area contributed by atoms with Crippen molar-refractivity contribution in [3.8, 4) is 0 Å². The predicted molar refractivity (Wildman–Crippen MR) is 91.4 cm³/mol. The normalized spacial score (nSPS) is 16.3. The minimum Gasteiger partial charge on any atom is -1.00 e. The molecule has 2 aliphatic rings. The first-order valence-corrected chi connectivity index (χ1v) is 9.05. The second-order valence-electron chi connectivity index (χ2n) is 5.99. The van der Waals surface area contributed by atoms with Crippen LogP contribution in [0.15, 0.2) is 59.1 Å². The summed E-state index contributed by atoms with van der Waals surface area (Å²) in [7, 11) is -4.28. The van der Waals surface area contributed by atoms with E-state index in [0.717, 1.165) is 0 Å². The Balaban J connectivity index is 0.00000131. The van der Waals surface area contributed by atoms with E-state index in [1.54, 1.807) is 30.3 Å². The number of anilines is 1. The van der Waals surface area contributed by atoms with Gasteiger partial charge in [-0.2, -0.15) is 8.42 Å². The summed E-state index contributed by atoms with van der Waals surface area (Å²) in [4.78, 5) is 25.0.